The van der Waals surface area contributed by atoms with Crippen LogP contribution in [0.25, 0.3) is 0 Å². The Morgan fingerprint density at radius 2 is 1.46 bits per heavy atom. The van der Waals surface area contributed by atoms with Crippen LogP contribution >= 0.6 is 0 Å². The molecular weight excluding hydrogens is 602 g/mol. The molecular formula is C36H41N3O6S. The number of amides is 2. The van der Waals surface area contributed by atoms with Gasteiger partial charge in [0.25, 0.3) is 10.0 Å². The van der Waals surface area contributed by atoms with Crippen molar-refractivity contribution < 1.29 is 27.5 Å². The van der Waals surface area contributed by atoms with E-state index in [2.05, 4.69) is 5.32 Å². The molecule has 0 heterocycles. The van der Waals surface area contributed by atoms with Crippen LogP contribution in [0.2, 0.25) is 0 Å². The molecule has 46 heavy (non-hydrogen) atoms. The fourth-order valence-corrected chi connectivity index (χ4v) is 6.54. The zero-order valence-electron chi connectivity index (χ0n) is 26.5. The second-order valence-corrected chi connectivity index (χ2v) is 12.6. The fourth-order valence-electron chi connectivity index (χ4n) is 5.10. The van der Waals surface area contributed by atoms with E-state index < -0.39 is 28.5 Å². The molecule has 0 saturated heterocycles. The van der Waals surface area contributed by atoms with Gasteiger partial charge < -0.3 is 19.7 Å². The average Bonchev–Trinajstić information content (AvgIpc) is 3.09. The number of ether oxygens (including phenoxy) is 2. The number of benzene rings is 4. The highest BCUT2D eigenvalue weighted by Crippen LogP contribution is 2.32. The summed E-state index contributed by atoms with van der Waals surface area (Å²) < 4.78 is 40.4. The van der Waals surface area contributed by atoms with E-state index in [0.717, 1.165) is 28.3 Å². The Hall–Kier alpha value is -4.83. The number of carbonyl (C=O) groups is 2. The third-order valence-corrected chi connectivity index (χ3v) is 9.33. The minimum atomic E-state index is -4.24. The summed E-state index contributed by atoms with van der Waals surface area (Å²) in [6.45, 7) is 1.96. The molecule has 0 fully saturated rings. The highest BCUT2D eigenvalue weighted by Gasteiger charge is 2.35. The zero-order valence-corrected chi connectivity index (χ0v) is 27.3. The van der Waals surface area contributed by atoms with Crippen molar-refractivity contribution >= 4 is 27.5 Å². The van der Waals surface area contributed by atoms with E-state index in [0.29, 0.717) is 12.3 Å². The quantitative estimate of drug-likeness (QED) is 0.163. The molecule has 2 amide bonds. The molecule has 0 unspecified atom stereocenters. The lowest BCUT2D eigenvalue weighted by molar-refractivity contribution is -0.140. The van der Waals surface area contributed by atoms with Crippen LogP contribution in [0.4, 0.5) is 5.69 Å². The number of methoxy groups -OCH3 is 2. The summed E-state index contributed by atoms with van der Waals surface area (Å²) in [5.74, 6) is 0.00891. The maximum Gasteiger partial charge on any atom is 0.264 e. The molecule has 0 aliphatic heterocycles. The lowest BCUT2D eigenvalue weighted by Gasteiger charge is -2.34. The molecule has 9 nitrogen and oxygen atoms in total. The van der Waals surface area contributed by atoms with Crippen LogP contribution in [0.15, 0.2) is 114 Å². The van der Waals surface area contributed by atoms with E-state index >= 15 is 0 Å². The standard InChI is InChI=1S/C36H41N3O6S/c1-4-5-23-37-36(41)33(25-28-15-8-6-9-16-28)38(26-29-17-14-18-30(24-29)44-2)35(40)27-39(32-21-12-13-22-34(32)45-3)46(42,43)31-19-10-7-11-20-31/h6-22,24,33H,4-5,23,25-27H2,1-3H3,(H,37,41)/t33-/m1/s1. The Morgan fingerprint density at radius 3 is 2.13 bits per heavy atom. The highest BCUT2D eigenvalue weighted by molar-refractivity contribution is 7.92. The van der Waals surface area contributed by atoms with Crippen molar-refractivity contribution in [2.24, 2.45) is 0 Å². The van der Waals surface area contributed by atoms with E-state index in [-0.39, 0.29) is 35.2 Å². The number of nitrogens with zero attached hydrogens (tertiary/aromatic N) is 2. The molecule has 4 rings (SSSR count). The summed E-state index contributed by atoms with van der Waals surface area (Å²) in [6.07, 6.45) is 1.90. The van der Waals surface area contributed by atoms with Crippen molar-refractivity contribution in [3.63, 3.8) is 0 Å². The molecule has 242 valence electrons. The number of unbranched alkanes of at least 4 members (excludes halogenated alkanes) is 1. The smallest absolute Gasteiger partial charge is 0.264 e. The number of hydrogen-bond acceptors (Lipinski definition) is 6. The molecule has 1 atom stereocenters. The summed E-state index contributed by atoms with van der Waals surface area (Å²) in [5, 5.41) is 3.00. The van der Waals surface area contributed by atoms with Crippen LogP contribution in [-0.4, -0.2) is 58.5 Å². The summed E-state index contributed by atoms with van der Waals surface area (Å²) in [4.78, 5) is 30.0. The van der Waals surface area contributed by atoms with Gasteiger partial charge in [0.05, 0.1) is 24.8 Å². The van der Waals surface area contributed by atoms with Gasteiger partial charge >= 0.3 is 0 Å². The first kappa shape index (κ1) is 34.1. The maximum atomic E-state index is 14.6. The average molecular weight is 644 g/mol. The van der Waals surface area contributed by atoms with Crippen molar-refractivity contribution in [1.82, 2.24) is 10.2 Å². The second-order valence-electron chi connectivity index (χ2n) is 10.7. The van der Waals surface area contributed by atoms with Gasteiger partial charge in [0.15, 0.2) is 0 Å². The third kappa shape index (κ3) is 8.66. The Labute approximate surface area is 271 Å². The molecule has 0 aromatic heterocycles. The van der Waals surface area contributed by atoms with Gasteiger partial charge in [-0.3, -0.25) is 13.9 Å². The number of carbonyl (C=O) groups excluding carboxylic acids is 2. The van der Waals surface area contributed by atoms with Crippen LogP contribution in [0.1, 0.15) is 30.9 Å². The molecule has 0 bridgehead atoms. The van der Waals surface area contributed by atoms with Crippen molar-refractivity contribution in [3.05, 3.63) is 120 Å². The molecule has 0 saturated carbocycles. The van der Waals surface area contributed by atoms with E-state index in [9.17, 15) is 18.0 Å². The topological polar surface area (TPSA) is 105 Å². The molecule has 10 heteroatoms. The van der Waals surface area contributed by atoms with Gasteiger partial charge in [-0.05, 0) is 53.9 Å². The molecule has 1 N–H and O–H groups in total. The van der Waals surface area contributed by atoms with Crippen LogP contribution in [0.3, 0.4) is 0 Å². The van der Waals surface area contributed by atoms with Gasteiger partial charge in [-0.25, -0.2) is 8.42 Å². The first-order valence-corrected chi connectivity index (χ1v) is 16.7. The Morgan fingerprint density at radius 1 is 0.804 bits per heavy atom. The maximum absolute atomic E-state index is 14.6. The highest BCUT2D eigenvalue weighted by atomic mass is 32.2. The number of sulfonamides is 1. The lowest BCUT2D eigenvalue weighted by Crippen LogP contribution is -2.53. The first-order valence-electron chi connectivity index (χ1n) is 15.2. The monoisotopic (exact) mass is 643 g/mol. The van der Waals surface area contributed by atoms with Crippen LogP contribution in [0, 0.1) is 0 Å². The largest absolute Gasteiger partial charge is 0.497 e. The van der Waals surface area contributed by atoms with Crippen LogP contribution in [-0.2, 0) is 32.6 Å². The molecule has 0 spiro atoms. The summed E-state index contributed by atoms with van der Waals surface area (Å²) >= 11 is 0. The number of nitrogens with one attached hydrogen (secondary N) is 1. The number of rotatable bonds is 16. The zero-order chi connectivity index (χ0) is 32.9. The predicted molar refractivity (Wildman–Crippen MR) is 179 cm³/mol. The molecule has 4 aromatic rings. The van der Waals surface area contributed by atoms with Gasteiger partial charge in [0.1, 0.15) is 24.1 Å². The van der Waals surface area contributed by atoms with Gasteiger partial charge in [-0.15, -0.1) is 0 Å². The van der Waals surface area contributed by atoms with E-state index in [1.807, 2.05) is 49.4 Å². The minimum Gasteiger partial charge on any atom is -0.497 e. The summed E-state index contributed by atoms with van der Waals surface area (Å²) in [5.41, 5.74) is 1.79. The normalized spacial score (nSPS) is 11.7. The van der Waals surface area contributed by atoms with Crippen molar-refractivity contribution in [1.29, 1.82) is 0 Å². The predicted octanol–water partition coefficient (Wildman–Crippen LogP) is 5.46. The molecule has 0 radical (unpaired) electrons. The van der Waals surface area contributed by atoms with E-state index in [4.69, 9.17) is 9.47 Å². The van der Waals surface area contributed by atoms with Crippen molar-refractivity contribution in [2.45, 2.75) is 43.7 Å². The van der Waals surface area contributed by atoms with Crippen molar-refractivity contribution in [3.8, 4) is 11.5 Å². The second kappa shape index (κ2) is 16.5. The van der Waals surface area contributed by atoms with Gasteiger partial charge in [-0.1, -0.05) is 86.1 Å². The summed E-state index contributed by atoms with van der Waals surface area (Å²) in [7, 11) is -1.24. The molecule has 0 aliphatic carbocycles. The Kier molecular flexibility index (Phi) is 12.2. The van der Waals surface area contributed by atoms with Gasteiger partial charge in [0, 0.05) is 19.5 Å². The Bertz CT molecular complexity index is 1680. The molecule has 0 aliphatic rings. The van der Waals surface area contributed by atoms with Crippen LogP contribution in [0.5, 0.6) is 11.5 Å². The molecule has 4 aromatic carbocycles. The van der Waals surface area contributed by atoms with Gasteiger partial charge in [-0.2, -0.15) is 0 Å². The van der Waals surface area contributed by atoms with Crippen LogP contribution < -0.4 is 19.1 Å². The van der Waals surface area contributed by atoms with E-state index in [1.54, 1.807) is 61.7 Å². The lowest BCUT2D eigenvalue weighted by atomic mass is 10.0. The van der Waals surface area contributed by atoms with Crippen molar-refractivity contribution in [2.75, 3.05) is 31.6 Å². The summed E-state index contributed by atoms with van der Waals surface area (Å²) in [6, 6.07) is 30.4. The Balaban J connectivity index is 1.82. The third-order valence-electron chi connectivity index (χ3n) is 7.55. The van der Waals surface area contributed by atoms with E-state index in [1.165, 1.54) is 24.1 Å². The van der Waals surface area contributed by atoms with Gasteiger partial charge in [0.2, 0.25) is 11.8 Å². The first-order chi connectivity index (χ1) is 22.3. The fraction of sp³-hybridized carbons (Fsp3) is 0.278. The number of anilines is 1. The minimum absolute atomic E-state index is 0.0196. The SMILES string of the molecule is CCCCNC(=O)[C@@H](Cc1ccccc1)N(Cc1cccc(OC)c1)C(=O)CN(c1ccccc1OC)S(=O)(=O)c1ccccc1. The number of para-hydroxylation sites is 2. The number of hydrogen-bond donors (Lipinski definition) is 1.